The summed E-state index contributed by atoms with van der Waals surface area (Å²) in [6, 6.07) is 18.9. The summed E-state index contributed by atoms with van der Waals surface area (Å²) in [5.74, 6) is 0. The topological polar surface area (TPSA) is 107 Å². The van der Waals surface area contributed by atoms with Gasteiger partial charge in [-0.3, -0.25) is 14.9 Å². The van der Waals surface area contributed by atoms with E-state index in [0.717, 1.165) is 39.0 Å². The monoisotopic (exact) mass is 437 g/mol. The lowest BCUT2D eigenvalue weighted by Crippen LogP contribution is -2.15. The summed E-state index contributed by atoms with van der Waals surface area (Å²) in [5.41, 5.74) is 6.26. The second kappa shape index (κ2) is 8.72. The number of nitrogens with one attached hydrogen (secondary N) is 3. The van der Waals surface area contributed by atoms with Crippen LogP contribution in [0.15, 0.2) is 84.0 Å². The van der Waals surface area contributed by atoms with Crippen LogP contribution in [-0.4, -0.2) is 31.9 Å². The maximum Gasteiger partial charge on any atom is 0.190 e. The second-order valence-electron chi connectivity index (χ2n) is 7.91. The largest absolute Gasteiger partial charge is 0.394 e. The number of aliphatic hydroxyl groups excluding tert-OH is 1. The maximum absolute atomic E-state index is 12.6. The van der Waals surface area contributed by atoms with Crippen LogP contribution in [0.3, 0.4) is 0 Å². The van der Waals surface area contributed by atoms with E-state index in [1.807, 2.05) is 55.5 Å². The van der Waals surface area contributed by atoms with Crippen molar-refractivity contribution in [2.24, 2.45) is 0 Å². The molecule has 3 heterocycles. The zero-order valence-corrected chi connectivity index (χ0v) is 18.0. The molecule has 7 heteroatoms. The van der Waals surface area contributed by atoms with Crippen molar-refractivity contribution >= 4 is 16.6 Å². The van der Waals surface area contributed by atoms with Crippen molar-refractivity contribution < 1.29 is 5.11 Å². The number of hydrogen-bond acceptors (Lipinski definition) is 5. The Morgan fingerprint density at radius 1 is 1.06 bits per heavy atom. The van der Waals surface area contributed by atoms with Gasteiger partial charge in [0.25, 0.3) is 0 Å². The van der Waals surface area contributed by atoms with Crippen molar-refractivity contribution in [2.75, 3.05) is 11.9 Å². The van der Waals surface area contributed by atoms with Crippen LogP contribution < -0.4 is 10.7 Å². The molecule has 0 bridgehead atoms. The standard InChI is InChI=1S/C26H23N5O2/c1-16-20-11-18(7-8-23(20)31-30-16)21-12-19(29-24(15-32)17-5-3-2-4-6-17)13-28-26(21)22-14-27-10-9-25(22)33/h2-14,24,29,32H,15H2,1H3,(H,27,33)(H,30,31). The molecule has 0 saturated heterocycles. The predicted octanol–water partition coefficient (Wildman–Crippen LogP) is 4.43. The van der Waals surface area contributed by atoms with Gasteiger partial charge in [0.05, 0.1) is 41.3 Å². The number of H-pyrrole nitrogens is 2. The lowest BCUT2D eigenvalue weighted by Gasteiger charge is -2.19. The number of rotatable bonds is 6. The average molecular weight is 438 g/mol. The summed E-state index contributed by atoms with van der Waals surface area (Å²) >= 11 is 0. The Balaban J connectivity index is 1.64. The molecule has 0 aliphatic rings. The van der Waals surface area contributed by atoms with Crippen LogP contribution in [0.25, 0.3) is 33.3 Å². The molecule has 0 radical (unpaired) electrons. The van der Waals surface area contributed by atoms with Gasteiger partial charge < -0.3 is 15.4 Å². The highest BCUT2D eigenvalue weighted by molar-refractivity contribution is 5.90. The number of aromatic amines is 2. The van der Waals surface area contributed by atoms with Crippen LogP contribution in [0.2, 0.25) is 0 Å². The summed E-state index contributed by atoms with van der Waals surface area (Å²) in [5, 5.41) is 21.7. The van der Waals surface area contributed by atoms with Crippen molar-refractivity contribution in [3.8, 4) is 22.4 Å². The number of aryl methyl sites for hydroxylation is 1. The van der Waals surface area contributed by atoms with E-state index in [0.29, 0.717) is 11.3 Å². The van der Waals surface area contributed by atoms with Crippen molar-refractivity contribution in [1.82, 2.24) is 20.2 Å². The molecule has 1 atom stereocenters. The Labute approximate surface area is 190 Å². The van der Waals surface area contributed by atoms with E-state index in [1.165, 1.54) is 6.07 Å². The number of hydrogen-bond donors (Lipinski definition) is 4. The summed E-state index contributed by atoms with van der Waals surface area (Å²) in [7, 11) is 0. The van der Waals surface area contributed by atoms with Gasteiger partial charge in [0.15, 0.2) is 5.43 Å². The minimum atomic E-state index is -0.287. The average Bonchev–Trinajstić information content (AvgIpc) is 3.23. The molecule has 0 aliphatic heterocycles. The SMILES string of the molecule is Cc1[nH]nc2ccc(-c3cc(NC(CO)c4ccccc4)cnc3-c3c[nH]ccc3=O)cc12. The van der Waals surface area contributed by atoms with Crippen molar-refractivity contribution in [3.63, 3.8) is 0 Å². The molecule has 3 aromatic heterocycles. The highest BCUT2D eigenvalue weighted by atomic mass is 16.3. The first-order valence-corrected chi connectivity index (χ1v) is 10.7. The number of pyridine rings is 2. The molecule has 1 unspecified atom stereocenters. The molecule has 0 spiro atoms. The number of aliphatic hydroxyl groups is 1. The van der Waals surface area contributed by atoms with Crippen LogP contribution in [0.1, 0.15) is 17.3 Å². The lowest BCUT2D eigenvalue weighted by atomic mass is 9.98. The summed E-state index contributed by atoms with van der Waals surface area (Å²) in [6.45, 7) is 1.91. The summed E-state index contributed by atoms with van der Waals surface area (Å²) in [4.78, 5) is 20.3. The molecule has 5 aromatic rings. The van der Waals surface area contributed by atoms with Gasteiger partial charge >= 0.3 is 0 Å². The molecule has 0 fully saturated rings. The maximum atomic E-state index is 12.6. The van der Waals surface area contributed by atoms with Crippen LogP contribution in [0.4, 0.5) is 5.69 Å². The van der Waals surface area contributed by atoms with Crippen molar-refractivity contribution in [1.29, 1.82) is 0 Å². The normalized spacial score (nSPS) is 12.1. The zero-order valence-electron chi connectivity index (χ0n) is 18.0. The molecule has 0 saturated carbocycles. The van der Waals surface area contributed by atoms with E-state index in [-0.39, 0.29) is 18.1 Å². The fourth-order valence-corrected chi connectivity index (χ4v) is 4.01. The third-order valence-corrected chi connectivity index (χ3v) is 5.75. The Morgan fingerprint density at radius 2 is 1.91 bits per heavy atom. The number of nitrogens with zero attached hydrogens (tertiary/aromatic N) is 2. The molecule has 0 aliphatic carbocycles. The van der Waals surface area contributed by atoms with E-state index >= 15 is 0 Å². The van der Waals surface area contributed by atoms with Crippen LogP contribution in [0, 0.1) is 6.92 Å². The van der Waals surface area contributed by atoms with E-state index in [2.05, 4.69) is 31.5 Å². The fourth-order valence-electron chi connectivity index (χ4n) is 4.01. The third kappa shape index (κ3) is 4.02. The van der Waals surface area contributed by atoms with Crippen LogP contribution in [0.5, 0.6) is 0 Å². The molecule has 5 rings (SSSR count). The quantitative estimate of drug-likeness (QED) is 0.314. The molecular weight excluding hydrogens is 414 g/mol. The first-order chi connectivity index (χ1) is 16.1. The first kappa shape index (κ1) is 20.7. The Morgan fingerprint density at radius 3 is 2.70 bits per heavy atom. The summed E-state index contributed by atoms with van der Waals surface area (Å²) in [6.07, 6.45) is 4.97. The predicted molar refractivity (Wildman–Crippen MR) is 130 cm³/mol. The van der Waals surface area contributed by atoms with Gasteiger partial charge in [0.1, 0.15) is 0 Å². The van der Waals surface area contributed by atoms with Gasteiger partial charge in [-0.1, -0.05) is 36.4 Å². The lowest BCUT2D eigenvalue weighted by molar-refractivity contribution is 0.276. The minimum absolute atomic E-state index is 0.0698. The third-order valence-electron chi connectivity index (χ3n) is 5.75. The van der Waals surface area contributed by atoms with E-state index in [1.54, 1.807) is 18.6 Å². The van der Waals surface area contributed by atoms with E-state index in [9.17, 15) is 9.90 Å². The van der Waals surface area contributed by atoms with Gasteiger partial charge in [-0.2, -0.15) is 5.10 Å². The van der Waals surface area contributed by atoms with E-state index < -0.39 is 0 Å². The van der Waals surface area contributed by atoms with Gasteiger partial charge in [0, 0.05) is 35.1 Å². The van der Waals surface area contributed by atoms with E-state index in [4.69, 9.17) is 0 Å². The molecular formula is C26H23N5O2. The van der Waals surface area contributed by atoms with Crippen LogP contribution in [-0.2, 0) is 0 Å². The molecule has 33 heavy (non-hydrogen) atoms. The Bertz CT molecular complexity index is 1470. The smallest absolute Gasteiger partial charge is 0.190 e. The van der Waals surface area contributed by atoms with Crippen molar-refractivity contribution in [2.45, 2.75) is 13.0 Å². The highest BCUT2D eigenvalue weighted by Gasteiger charge is 2.16. The Hall–Kier alpha value is -4.23. The second-order valence-corrected chi connectivity index (χ2v) is 7.91. The van der Waals surface area contributed by atoms with Crippen molar-refractivity contribution in [3.05, 3.63) is 101 Å². The number of anilines is 1. The molecule has 2 aromatic carbocycles. The van der Waals surface area contributed by atoms with Gasteiger partial charge in [-0.05, 0) is 36.2 Å². The van der Waals surface area contributed by atoms with Crippen LogP contribution >= 0.6 is 0 Å². The fraction of sp³-hybridized carbons (Fsp3) is 0.115. The zero-order chi connectivity index (χ0) is 22.8. The summed E-state index contributed by atoms with van der Waals surface area (Å²) < 4.78 is 0. The number of fused-ring (bicyclic) bond motifs is 1. The molecule has 4 N–H and O–H groups in total. The Kier molecular flexibility index (Phi) is 5.46. The highest BCUT2D eigenvalue weighted by Crippen LogP contribution is 2.34. The van der Waals surface area contributed by atoms with Gasteiger partial charge in [0.2, 0.25) is 0 Å². The number of benzene rings is 2. The number of aromatic nitrogens is 4. The first-order valence-electron chi connectivity index (χ1n) is 10.7. The minimum Gasteiger partial charge on any atom is -0.394 e. The molecule has 0 amide bonds. The molecule has 164 valence electrons. The van der Waals surface area contributed by atoms with Gasteiger partial charge in [-0.15, -0.1) is 0 Å². The van der Waals surface area contributed by atoms with Gasteiger partial charge in [-0.25, -0.2) is 0 Å². The molecule has 7 nitrogen and oxygen atoms in total.